The number of amides is 3. The van der Waals surface area contributed by atoms with Crippen molar-refractivity contribution < 1.29 is 24.2 Å². The lowest BCUT2D eigenvalue weighted by Gasteiger charge is -2.34. The molecule has 3 aliphatic rings. The van der Waals surface area contributed by atoms with Gasteiger partial charge >= 0.3 is 0 Å². The minimum absolute atomic E-state index is 0.0792. The van der Waals surface area contributed by atoms with Crippen LogP contribution in [0.1, 0.15) is 31.4 Å². The van der Waals surface area contributed by atoms with E-state index in [1.807, 2.05) is 42.5 Å². The molecule has 3 amide bonds. The minimum atomic E-state index is -0.814. The standard InChI is InChI=1S/C28H40N4O5/c1-3-7-20-10-11-21-24(23(20)26(34)29-2)28(36)32(22(18-33)19-8-5-4-6-9-19)25(21)27(35)30-12-13-31-14-16-37-17-15-31/h4-6,8-11,20-25,33H,3,7,12-18H2,1-2H3,(H,29,34)(H,30,35)/t20-,21+,22-,23-,24+,25+/m1/s1. The van der Waals surface area contributed by atoms with Gasteiger partial charge in [-0.05, 0) is 17.9 Å². The molecule has 9 heteroatoms. The first-order valence-corrected chi connectivity index (χ1v) is 13.5. The van der Waals surface area contributed by atoms with Crippen LogP contribution in [0, 0.1) is 23.7 Å². The van der Waals surface area contributed by atoms with Gasteiger partial charge < -0.3 is 25.4 Å². The minimum Gasteiger partial charge on any atom is -0.394 e. The largest absolute Gasteiger partial charge is 0.394 e. The Labute approximate surface area is 219 Å². The fourth-order valence-corrected chi connectivity index (χ4v) is 6.21. The molecule has 4 rings (SSSR count). The summed E-state index contributed by atoms with van der Waals surface area (Å²) >= 11 is 0. The molecule has 2 heterocycles. The lowest BCUT2D eigenvalue weighted by molar-refractivity contribution is -0.143. The van der Waals surface area contributed by atoms with E-state index in [4.69, 9.17) is 4.74 Å². The SMILES string of the molecule is CCC[C@@H]1C=C[C@H]2[C@H](C(=O)N([C@H](CO)c3ccccc3)[C@@H]2C(=O)NCCN2CCOCC2)[C@@H]1C(=O)NC. The topological polar surface area (TPSA) is 111 Å². The van der Waals surface area contributed by atoms with Crippen molar-refractivity contribution in [1.82, 2.24) is 20.4 Å². The van der Waals surface area contributed by atoms with Crippen LogP contribution in [0.3, 0.4) is 0 Å². The number of morpholine rings is 1. The van der Waals surface area contributed by atoms with Gasteiger partial charge in [-0.25, -0.2) is 0 Å². The van der Waals surface area contributed by atoms with Gasteiger partial charge in [0, 0.05) is 39.1 Å². The number of nitrogens with one attached hydrogen (secondary N) is 2. The van der Waals surface area contributed by atoms with E-state index >= 15 is 0 Å². The molecule has 2 aliphatic heterocycles. The molecule has 3 N–H and O–H groups in total. The van der Waals surface area contributed by atoms with E-state index in [0.717, 1.165) is 31.5 Å². The maximum atomic E-state index is 14.1. The molecule has 0 saturated carbocycles. The van der Waals surface area contributed by atoms with Gasteiger partial charge in [0.1, 0.15) is 6.04 Å². The van der Waals surface area contributed by atoms with Crippen LogP contribution in [0.2, 0.25) is 0 Å². The van der Waals surface area contributed by atoms with Gasteiger partial charge in [-0.2, -0.15) is 0 Å². The van der Waals surface area contributed by atoms with Crippen LogP contribution in [0.5, 0.6) is 0 Å². The van der Waals surface area contributed by atoms with E-state index < -0.39 is 29.8 Å². The Kier molecular flexibility index (Phi) is 9.34. The summed E-state index contributed by atoms with van der Waals surface area (Å²) in [6.45, 7) is 5.90. The summed E-state index contributed by atoms with van der Waals surface area (Å²) in [6, 6.07) is 7.80. The quantitative estimate of drug-likeness (QED) is 0.403. The highest BCUT2D eigenvalue weighted by atomic mass is 16.5. The van der Waals surface area contributed by atoms with Gasteiger partial charge in [0.2, 0.25) is 17.7 Å². The highest BCUT2D eigenvalue weighted by Crippen LogP contribution is 2.47. The van der Waals surface area contributed by atoms with Gasteiger partial charge in [0.15, 0.2) is 0 Å². The predicted molar refractivity (Wildman–Crippen MR) is 139 cm³/mol. The normalized spacial score (nSPS) is 28.6. The molecule has 2 fully saturated rings. The van der Waals surface area contributed by atoms with Crippen molar-refractivity contribution in [3.63, 3.8) is 0 Å². The van der Waals surface area contributed by atoms with Crippen LogP contribution in [0.15, 0.2) is 42.5 Å². The summed E-state index contributed by atoms with van der Waals surface area (Å²) in [7, 11) is 1.59. The number of likely N-dealkylation sites (tertiary alicyclic amines) is 1. The zero-order valence-electron chi connectivity index (χ0n) is 21.8. The first kappa shape index (κ1) is 27.3. The number of benzene rings is 1. The van der Waals surface area contributed by atoms with Crippen molar-refractivity contribution >= 4 is 17.7 Å². The number of hydrogen-bond acceptors (Lipinski definition) is 6. The summed E-state index contributed by atoms with van der Waals surface area (Å²) < 4.78 is 5.40. The van der Waals surface area contributed by atoms with Crippen molar-refractivity contribution in [2.24, 2.45) is 23.7 Å². The molecule has 1 aromatic carbocycles. The molecule has 0 unspecified atom stereocenters. The summed E-state index contributed by atoms with van der Waals surface area (Å²) in [5, 5.41) is 16.3. The number of rotatable bonds is 10. The number of allylic oxidation sites excluding steroid dienone is 1. The van der Waals surface area contributed by atoms with Crippen molar-refractivity contribution in [1.29, 1.82) is 0 Å². The number of hydrogen-bond donors (Lipinski definition) is 3. The maximum absolute atomic E-state index is 14.1. The molecule has 2 saturated heterocycles. The predicted octanol–water partition coefficient (Wildman–Crippen LogP) is 0.960. The molecule has 0 aromatic heterocycles. The number of nitrogens with zero attached hydrogens (tertiary/aromatic N) is 2. The Hall–Kier alpha value is -2.75. The maximum Gasteiger partial charge on any atom is 0.243 e. The first-order valence-electron chi connectivity index (χ1n) is 13.5. The summed E-state index contributed by atoms with van der Waals surface area (Å²) in [6.07, 6.45) is 5.65. The number of carbonyl (C=O) groups excluding carboxylic acids is 3. The third-order valence-electron chi connectivity index (χ3n) is 8.01. The van der Waals surface area contributed by atoms with Crippen LogP contribution >= 0.6 is 0 Å². The number of ether oxygens (including phenoxy) is 1. The van der Waals surface area contributed by atoms with Crippen LogP contribution < -0.4 is 10.6 Å². The van der Waals surface area contributed by atoms with Gasteiger partial charge in [-0.15, -0.1) is 0 Å². The molecule has 9 nitrogen and oxygen atoms in total. The second-order valence-corrected chi connectivity index (χ2v) is 10.1. The van der Waals surface area contributed by atoms with E-state index in [-0.39, 0.29) is 30.2 Å². The number of aliphatic hydroxyl groups is 1. The molecule has 1 aliphatic carbocycles. The lowest BCUT2D eigenvalue weighted by atomic mass is 9.68. The van der Waals surface area contributed by atoms with Crippen molar-refractivity contribution in [3.05, 3.63) is 48.0 Å². The smallest absolute Gasteiger partial charge is 0.243 e. The lowest BCUT2D eigenvalue weighted by Crippen LogP contribution is -2.51. The summed E-state index contributed by atoms with van der Waals surface area (Å²) in [5.74, 6) is -2.43. The Balaban J connectivity index is 1.65. The Bertz CT molecular complexity index is 965. The van der Waals surface area contributed by atoms with Gasteiger partial charge in [-0.3, -0.25) is 19.3 Å². The first-order chi connectivity index (χ1) is 18.0. The van der Waals surface area contributed by atoms with E-state index in [9.17, 15) is 19.5 Å². The molecule has 37 heavy (non-hydrogen) atoms. The van der Waals surface area contributed by atoms with Gasteiger partial charge in [0.25, 0.3) is 0 Å². The summed E-state index contributed by atoms with van der Waals surface area (Å²) in [5.41, 5.74) is 0.758. The molecule has 1 aromatic rings. The van der Waals surface area contributed by atoms with Crippen LogP contribution in [0.25, 0.3) is 0 Å². The molecular weight excluding hydrogens is 472 g/mol. The van der Waals surface area contributed by atoms with Gasteiger partial charge in [0.05, 0.1) is 37.7 Å². The Morgan fingerprint density at radius 2 is 1.86 bits per heavy atom. The third kappa shape index (κ3) is 5.73. The van der Waals surface area contributed by atoms with Crippen LogP contribution in [-0.2, 0) is 19.1 Å². The second kappa shape index (κ2) is 12.7. The molecule has 202 valence electrons. The van der Waals surface area contributed by atoms with E-state index in [0.29, 0.717) is 26.3 Å². The Morgan fingerprint density at radius 1 is 1.14 bits per heavy atom. The average Bonchev–Trinajstić information content (AvgIpc) is 3.22. The molecule has 0 spiro atoms. The number of fused-ring (bicyclic) bond motifs is 1. The zero-order chi connectivity index (χ0) is 26.4. The fraction of sp³-hybridized carbons (Fsp3) is 0.607. The fourth-order valence-electron chi connectivity index (χ4n) is 6.21. The molecule has 0 bridgehead atoms. The number of aliphatic hydroxyl groups excluding tert-OH is 1. The monoisotopic (exact) mass is 512 g/mol. The van der Waals surface area contributed by atoms with Crippen molar-refractivity contribution in [2.75, 3.05) is 53.0 Å². The van der Waals surface area contributed by atoms with Crippen molar-refractivity contribution in [3.8, 4) is 0 Å². The van der Waals surface area contributed by atoms with E-state index in [2.05, 4.69) is 22.5 Å². The highest BCUT2D eigenvalue weighted by Gasteiger charge is 2.58. The zero-order valence-corrected chi connectivity index (χ0v) is 21.8. The third-order valence-corrected chi connectivity index (χ3v) is 8.01. The van der Waals surface area contributed by atoms with Crippen molar-refractivity contribution in [2.45, 2.75) is 31.8 Å². The van der Waals surface area contributed by atoms with Crippen LogP contribution in [-0.4, -0.2) is 91.7 Å². The summed E-state index contributed by atoms with van der Waals surface area (Å²) in [4.78, 5) is 44.7. The Morgan fingerprint density at radius 3 is 2.51 bits per heavy atom. The highest BCUT2D eigenvalue weighted by molar-refractivity contribution is 5.97. The van der Waals surface area contributed by atoms with Gasteiger partial charge in [-0.1, -0.05) is 55.8 Å². The molecule has 0 radical (unpaired) electrons. The second-order valence-electron chi connectivity index (χ2n) is 10.1. The molecule has 6 atom stereocenters. The average molecular weight is 513 g/mol. The van der Waals surface area contributed by atoms with E-state index in [1.165, 1.54) is 0 Å². The molecular formula is C28H40N4O5. The van der Waals surface area contributed by atoms with Crippen LogP contribution in [0.4, 0.5) is 0 Å². The van der Waals surface area contributed by atoms with E-state index in [1.54, 1.807) is 11.9 Å². The number of carbonyl (C=O) groups is 3.